The summed E-state index contributed by atoms with van der Waals surface area (Å²) in [5.41, 5.74) is -1.66. The highest BCUT2D eigenvalue weighted by Gasteiger charge is 2.48. The van der Waals surface area contributed by atoms with Gasteiger partial charge in [0.05, 0.1) is 31.4 Å². The van der Waals surface area contributed by atoms with Gasteiger partial charge in [-0.3, -0.25) is 9.80 Å². The van der Waals surface area contributed by atoms with Gasteiger partial charge in [0, 0.05) is 19.3 Å². The van der Waals surface area contributed by atoms with Gasteiger partial charge in [-0.1, -0.05) is 0 Å². The zero-order valence-corrected chi connectivity index (χ0v) is 20.5. The predicted octanol–water partition coefficient (Wildman–Crippen LogP) is 1.11. The van der Waals surface area contributed by atoms with Crippen LogP contribution in [0.2, 0.25) is 0 Å². The van der Waals surface area contributed by atoms with E-state index in [9.17, 15) is 34.5 Å². The SMILES string of the molecule is CC(C)(C)OC(=O)N1C[C@@H](O)C[C@H]1C(=O)OCCC1[C@@H](O)C[C@@H](C(=O)O)N1C(=O)OC(C)(C)C. The van der Waals surface area contributed by atoms with Gasteiger partial charge in [-0.05, 0) is 41.5 Å². The maximum Gasteiger partial charge on any atom is 0.411 e. The first-order valence-electron chi connectivity index (χ1n) is 11.3. The van der Waals surface area contributed by atoms with Gasteiger partial charge in [0.15, 0.2) is 0 Å². The third-order valence-electron chi connectivity index (χ3n) is 5.33. The Kier molecular flexibility index (Phi) is 8.41. The van der Waals surface area contributed by atoms with Crippen molar-refractivity contribution in [3.8, 4) is 0 Å². The lowest BCUT2D eigenvalue weighted by Crippen LogP contribution is -2.49. The van der Waals surface area contributed by atoms with Crippen LogP contribution in [-0.4, -0.2) is 104 Å². The van der Waals surface area contributed by atoms with Crippen LogP contribution in [-0.2, 0) is 23.8 Å². The molecule has 0 aromatic rings. The van der Waals surface area contributed by atoms with Crippen LogP contribution in [0.15, 0.2) is 0 Å². The van der Waals surface area contributed by atoms with Crippen molar-refractivity contribution in [2.24, 2.45) is 0 Å². The number of carbonyl (C=O) groups excluding carboxylic acids is 3. The number of carbonyl (C=O) groups is 4. The highest BCUT2D eigenvalue weighted by molar-refractivity contribution is 5.83. The molecule has 2 fully saturated rings. The van der Waals surface area contributed by atoms with Crippen molar-refractivity contribution in [1.29, 1.82) is 0 Å². The molecule has 0 aliphatic carbocycles. The number of carboxylic acid groups (broad SMARTS) is 1. The van der Waals surface area contributed by atoms with Crippen molar-refractivity contribution in [1.82, 2.24) is 9.80 Å². The van der Waals surface area contributed by atoms with Crippen molar-refractivity contribution in [2.75, 3.05) is 13.2 Å². The van der Waals surface area contributed by atoms with E-state index >= 15 is 0 Å². The van der Waals surface area contributed by atoms with Crippen LogP contribution in [0.4, 0.5) is 9.59 Å². The average Bonchev–Trinajstić information content (AvgIpc) is 3.19. The Labute approximate surface area is 198 Å². The molecule has 0 bridgehead atoms. The summed E-state index contributed by atoms with van der Waals surface area (Å²) in [5.74, 6) is -2.05. The zero-order valence-electron chi connectivity index (χ0n) is 20.5. The Morgan fingerprint density at radius 2 is 1.44 bits per heavy atom. The number of amides is 2. The van der Waals surface area contributed by atoms with E-state index in [2.05, 4.69) is 0 Å². The molecule has 2 aliphatic heterocycles. The van der Waals surface area contributed by atoms with E-state index < -0.39 is 65.7 Å². The van der Waals surface area contributed by atoms with E-state index in [-0.39, 0.29) is 32.4 Å². The Balaban J connectivity index is 2.03. The first-order chi connectivity index (χ1) is 15.5. The number of aliphatic hydroxyl groups is 2. The second-order valence-electron chi connectivity index (χ2n) is 10.6. The Hall–Kier alpha value is -2.60. The summed E-state index contributed by atoms with van der Waals surface area (Å²) in [6.07, 6.45) is -3.96. The van der Waals surface area contributed by atoms with Gasteiger partial charge in [-0.2, -0.15) is 0 Å². The number of aliphatic hydroxyl groups excluding tert-OH is 2. The molecule has 0 saturated carbocycles. The molecule has 0 radical (unpaired) electrons. The summed E-state index contributed by atoms with van der Waals surface area (Å²) in [4.78, 5) is 51.4. The van der Waals surface area contributed by atoms with E-state index in [1.807, 2.05) is 0 Å². The number of hydrogen-bond donors (Lipinski definition) is 3. The number of rotatable bonds is 5. The second kappa shape index (κ2) is 10.3. The molecule has 2 rings (SSSR count). The van der Waals surface area contributed by atoms with Crippen LogP contribution in [0.1, 0.15) is 60.8 Å². The molecule has 12 heteroatoms. The van der Waals surface area contributed by atoms with E-state index in [4.69, 9.17) is 14.2 Å². The standard InChI is InChI=1S/C22H36N2O10/c1-21(2,3)33-19(30)23-11-12(25)9-15(23)18(29)32-8-7-13-16(26)10-14(17(27)28)24(13)20(31)34-22(4,5)6/h12-16,25-26H,7-11H2,1-6H3,(H,27,28)/t12-,13?,14-,15-,16-/m0/s1. The Bertz CT molecular complexity index is 788. The van der Waals surface area contributed by atoms with Crippen molar-refractivity contribution >= 4 is 24.1 Å². The maximum atomic E-state index is 12.7. The Morgan fingerprint density at radius 1 is 0.882 bits per heavy atom. The first kappa shape index (κ1) is 27.6. The molecular weight excluding hydrogens is 452 g/mol. The van der Waals surface area contributed by atoms with Gasteiger partial charge >= 0.3 is 24.1 Å². The van der Waals surface area contributed by atoms with Crippen molar-refractivity contribution in [3.63, 3.8) is 0 Å². The molecule has 12 nitrogen and oxygen atoms in total. The smallest absolute Gasteiger partial charge is 0.411 e. The van der Waals surface area contributed by atoms with Crippen molar-refractivity contribution in [2.45, 2.75) is 102 Å². The summed E-state index contributed by atoms with van der Waals surface area (Å²) in [7, 11) is 0. The fourth-order valence-corrected chi connectivity index (χ4v) is 3.98. The van der Waals surface area contributed by atoms with E-state index in [0.717, 1.165) is 9.80 Å². The fourth-order valence-electron chi connectivity index (χ4n) is 3.98. The largest absolute Gasteiger partial charge is 0.480 e. The lowest BCUT2D eigenvalue weighted by atomic mass is 10.1. The Morgan fingerprint density at radius 3 is 1.97 bits per heavy atom. The highest BCUT2D eigenvalue weighted by atomic mass is 16.6. The third kappa shape index (κ3) is 7.20. The van der Waals surface area contributed by atoms with Gasteiger partial charge < -0.3 is 29.5 Å². The quantitative estimate of drug-likeness (QED) is 0.377. The minimum atomic E-state index is -1.28. The van der Waals surface area contributed by atoms with E-state index in [0.29, 0.717) is 0 Å². The van der Waals surface area contributed by atoms with Crippen LogP contribution >= 0.6 is 0 Å². The first-order valence-corrected chi connectivity index (χ1v) is 11.3. The van der Waals surface area contributed by atoms with Gasteiger partial charge in [0.1, 0.15) is 23.3 Å². The molecule has 2 aliphatic rings. The monoisotopic (exact) mass is 488 g/mol. The molecule has 1 unspecified atom stereocenters. The van der Waals surface area contributed by atoms with Gasteiger partial charge in [-0.25, -0.2) is 19.2 Å². The lowest BCUT2D eigenvalue weighted by molar-refractivity contribution is -0.150. The average molecular weight is 489 g/mol. The van der Waals surface area contributed by atoms with Crippen molar-refractivity contribution < 1.29 is 48.7 Å². The van der Waals surface area contributed by atoms with Crippen molar-refractivity contribution in [3.05, 3.63) is 0 Å². The second-order valence-corrected chi connectivity index (χ2v) is 10.6. The molecule has 5 atom stereocenters. The number of likely N-dealkylation sites (tertiary alicyclic amines) is 2. The number of esters is 1. The molecule has 0 aromatic carbocycles. The summed E-state index contributed by atoms with van der Waals surface area (Å²) in [5, 5.41) is 29.9. The molecule has 2 heterocycles. The maximum absolute atomic E-state index is 12.7. The highest BCUT2D eigenvalue weighted by Crippen LogP contribution is 2.30. The summed E-state index contributed by atoms with van der Waals surface area (Å²) in [6.45, 7) is 9.61. The molecule has 34 heavy (non-hydrogen) atoms. The fraction of sp³-hybridized carbons (Fsp3) is 0.818. The van der Waals surface area contributed by atoms with Crippen LogP contribution < -0.4 is 0 Å². The van der Waals surface area contributed by atoms with E-state index in [1.54, 1.807) is 41.5 Å². The zero-order chi connectivity index (χ0) is 26.0. The summed E-state index contributed by atoms with van der Waals surface area (Å²) < 4.78 is 15.9. The molecular formula is C22H36N2O10. The topological polar surface area (TPSA) is 163 Å². The number of β-amino-alcohol motifs (C(OH)–C–C–N with tert-alkyl or cyclic N) is 1. The molecule has 2 saturated heterocycles. The van der Waals surface area contributed by atoms with Crippen LogP contribution in [0.3, 0.4) is 0 Å². The number of ether oxygens (including phenoxy) is 3. The van der Waals surface area contributed by atoms with Gasteiger partial charge in [-0.15, -0.1) is 0 Å². The minimum Gasteiger partial charge on any atom is -0.480 e. The minimum absolute atomic E-state index is 0.0186. The summed E-state index contributed by atoms with van der Waals surface area (Å²) >= 11 is 0. The lowest BCUT2D eigenvalue weighted by Gasteiger charge is -2.31. The number of carboxylic acids is 1. The number of nitrogens with zero attached hydrogens (tertiary/aromatic N) is 2. The van der Waals surface area contributed by atoms with Gasteiger partial charge in [0.25, 0.3) is 0 Å². The van der Waals surface area contributed by atoms with Crippen LogP contribution in [0.25, 0.3) is 0 Å². The summed E-state index contributed by atoms with van der Waals surface area (Å²) in [6, 6.07) is -3.27. The molecule has 0 spiro atoms. The molecule has 0 aromatic heterocycles. The molecule has 2 amide bonds. The third-order valence-corrected chi connectivity index (χ3v) is 5.33. The number of hydrogen-bond acceptors (Lipinski definition) is 9. The normalized spacial score (nSPS) is 27.5. The predicted molar refractivity (Wildman–Crippen MR) is 117 cm³/mol. The van der Waals surface area contributed by atoms with E-state index in [1.165, 1.54) is 0 Å². The van der Waals surface area contributed by atoms with Crippen LogP contribution in [0.5, 0.6) is 0 Å². The molecule has 3 N–H and O–H groups in total. The molecule has 194 valence electrons. The number of aliphatic carboxylic acids is 1. The van der Waals surface area contributed by atoms with Crippen LogP contribution in [0, 0.1) is 0 Å². The van der Waals surface area contributed by atoms with Gasteiger partial charge in [0.2, 0.25) is 0 Å².